The molecule has 0 radical (unpaired) electrons. The van der Waals surface area contributed by atoms with E-state index in [1.165, 1.54) is 32.6 Å². The highest BCUT2D eigenvalue weighted by molar-refractivity contribution is 6.17. The van der Waals surface area contributed by atoms with Crippen LogP contribution >= 0.6 is 0 Å². The standard InChI is InChI=1S/C16H12N2/c1-18-15-5-3-2-4-13(15)14-7-6-11-10-17-9-8-12(11)16(14)18/h2-10H,1H3. The number of pyridine rings is 1. The molecule has 0 fully saturated rings. The molecule has 0 saturated heterocycles. The third-order valence-corrected chi connectivity index (χ3v) is 3.68. The van der Waals surface area contributed by atoms with Crippen molar-refractivity contribution in [2.45, 2.75) is 0 Å². The monoisotopic (exact) mass is 232 g/mol. The first kappa shape index (κ1) is 9.66. The average molecular weight is 232 g/mol. The van der Waals surface area contributed by atoms with E-state index in [9.17, 15) is 0 Å². The zero-order valence-electron chi connectivity index (χ0n) is 10.1. The number of aryl methyl sites for hydroxylation is 1. The van der Waals surface area contributed by atoms with E-state index >= 15 is 0 Å². The second-order valence-corrected chi connectivity index (χ2v) is 4.63. The van der Waals surface area contributed by atoms with Crippen LogP contribution < -0.4 is 0 Å². The van der Waals surface area contributed by atoms with Crippen LogP contribution in [0, 0.1) is 0 Å². The molecule has 0 unspecified atom stereocenters. The summed E-state index contributed by atoms with van der Waals surface area (Å²) in [6, 6.07) is 15.0. The SMILES string of the molecule is Cn1c2ccccc2c2ccc3cnccc3c21. The Morgan fingerprint density at radius 2 is 1.78 bits per heavy atom. The fourth-order valence-electron chi connectivity index (χ4n) is 2.85. The highest BCUT2D eigenvalue weighted by Crippen LogP contribution is 2.32. The molecule has 0 spiro atoms. The van der Waals surface area contributed by atoms with E-state index < -0.39 is 0 Å². The summed E-state index contributed by atoms with van der Waals surface area (Å²) in [5, 5.41) is 5.08. The highest BCUT2D eigenvalue weighted by atomic mass is 14.9. The van der Waals surface area contributed by atoms with Crippen LogP contribution in [0.5, 0.6) is 0 Å². The van der Waals surface area contributed by atoms with E-state index in [4.69, 9.17) is 0 Å². The minimum absolute atomic E-state index is 1.19. The maximum absolute atomic E-state index is 4.19. The number of hydrogen-bond donors (Lipinski definition) is 0. The van der Waals surface area contributed by atoms with Crippen LogP contribution in [0.3, 0.4) is 0 Å². The van der Waals surface area contributed by atoms with E-state index in [0.717, 1.165) is 0 Å². The molecule has 0 aliphatic carbocycles. The predicted octanol–water partition coefficient (Wildman–Crippen LogP) is 3.88. The number of benzene rings is 2. The molecule has 2 heterocycles. The Morgan fingerprint density at radius 3 is 2.72 bits per heavy atom. The normalized spacial score (nSPS) is 11.6. The molecule has 0 N–H and O–H groups in total. The molecular weight excluding hydrogens is 220 g/mol. The highest BCUT2D eigenvalue weighted by Gasteiger charge is 2.09. The van der Waals surface area contributed by atoms with Crippen molar-refractivity contribution in [3.63, 3.8) is 0 Å². The summed E-state index contributed by atoms with van der Waals surface area (Å²) in [6.07, 6.45) is 3.78. The van der Waals surface area contributed by atoms with Gasteiger partial charge in [0.15, 0.2) is 0 Å². The number of rotatable bonds is 0. The lowest BCUT2D eigenvalue weighted by Crippen LogP contribution is -1.87. The summed E-state index contributed by atoms with van der Waals surface area (Å²) in [6.45, 7) is 0. The average Bonchev–Trinajstić information content (AvgIpc) is 2.73. The van der Waals surface area contributed by atoms with Crippen LogP contribution in [-0.4, -0.2) is 9.55 Å². The van der Waals surface area contributed by atoms with Crippen molar-refractivity contribution in [2.24, 2.45) is 7.05 Å². The number of fused-ring (bicyclic) bond motifs is 5. The van der Waals surface area contributed by atoms with Gasteiger partial charge in [-0.1, -0.05) is 30.3 Å². The maximum atomic E-state index is 4.19. The van der Waals surface area contributed by atoms with Crippen molar-refractivity contribution in [1.82, 2.24) is 9.55 Å². The van der Waals surface area contributed by atoms with Gasteiger partial charge in [0.2, 0.25) is 0 Å². The number of aromatic nitrogens is 2. The molecule has 0 saturated carbocycles. The summed E-state index contributed by atoms with van der Waals surface area (Å²) < 4.78 is 2.27. The third-order valence-electron chi connectivity index (χ3n) is 3.68. The molecule has 2 aromatic carbocycles. The molecule has 18 heavy (non-hydrogen) atoms. The second kappa shape index (κ2) is 3.33. The molecule has 2 nitrogen and oxygen atoms in total. The van der Waals surface area contributed by atoms with Gasteiger partial charge < -0.3 is 4.57 Å². The fraction of sp³-hybridized carbons (Fsp3) is 0.0625. The van der Waals surface area contributed by atoms with Crippen LogP contribution in [0.4, 0.5) is 0 Å². The lowest BCUT2D eigenvalue weighted by atomic mass is 10.1. The third kappa shape index (κ3) is 1.10. The van der Waals surface area contributed by atoms with E-state index in [1.54, 1.807) is 0 Å². The zero-order chi connectivity index (χ0) is 12.1. The van der Waals surface area contributed by atoms with Gasteiger partial charge in [0.1, 0.15) is 0 Å². The van der Waals surface area contributed by atoms with Gasteiger partial charge >= 0.3 is 0 Å². The van der Waals surface area contributed by atoms with Gasteiger partial charge in [-0.25, -0.2) is 0 Å². The first-order valence-corrected chi connectivity index (χ1v) is 6.06. The Morgan fingerprint density at radius 1 is 0.889 bits per heavy atom. The summed E-state index contributed by atoms with van der Waals surface area (Å²) in [4.78, 5) is 4.19. The molecule has 2 aromatic heterocycles. The predicted molar refractivity (Wildman–Crippen MR) is 75.7 cm³/mol. The number of nitrogens with zero attached hydrogens (tertiary/aromatic N) is 2. The molecule has 4 rings (SSSR count). The zero-order valence-corrected chi connectivity index (χ0v) is 10.1. The lowest BCUT2D eigenvalue weighted by Gasteiger charge is -2.02. The first-order valence-electron chi connectivity index (χ1n) is 6.06. The summed E-state index contributed by atoms with van der Waals surface area (Å²) in [5.74, 6) is 0. The molecule has 0 atom stereocenters. The van der Waals surface area contributed by atoms with Gasteiger partial charge in [-0.2, -0.15) is 0 Å². The quantitative estimate of drug-likeness (QED) is 0.450. The van der Waals surface area contributed by atoms with E-state index in [1.807, 2.05) is 12.4 Å². The van der Waals surface area contributed by atoms with Crippen molar-refractivity contribution in [1.29, 1.82) is 0 Å². The molecular formula is C16H12N2. The number of para-hydroxylation sites is 1. The van der Waals surface area contributed by atoms with Crippen LogP contribution in [0.15, 0.2) is 54.9 Å². The van der Waals surface area contributed by atoms with E-state index in [2.05, 4.69) is 59.1 Å². The topological polar surface area (TPSA) is 17.8 Å². The lowest BCUT2D eigenvalue weighted by molar-refractivity contribution is 1.02. The van der Waals surface area contributed by atoms with Crippen molar-refractivity contribution < 1.29 is 0 Å². The van der Waals surface area contributed by atoms with Gasteiger partial charge in [0, 0.05) is 46.5 Å². The van der Waals surface area contributed by atoms with Crippen molar-refractivity contribution >= 4 is 32.6 Å². The molecule has 0 bridgehead atoms. The Bertz CT molecular complexity index is 887. The summed E-state index contributed by atoms with van der Waals surface area (Å²) >= 11 is 0. The molecule has 0 aliphatic heterocycles. The summed E-state index contributed by atoms with van der Waals surface area (Å²) in [5.41, 5.74) is 2.56. The van der Waals surface area contributed by atoms with Gasteiger partial charge in [-0.15, -0.1) is 0 Å². The van der Waals surface area contributed by atoms with E-state index in [-0.39, 0.29) is 0 Å². The Hall–Kier alpha value is -2.35. The molecule has 4 aromatic rings. The minimum Gasteiger partial charge on any atom is -0.343 e. The maximum Gasteiger partial charge on any atom is 0.0569 e. The Balaban J connectivity index is 2.39. The van der Waals surface area contributed by atoms with Crippen LogP contribution in [0.1, 0.15) is 0 Å². The summed E-state index contributed by atoms with van der Waals surface area (Å²) in [7, 11) is 2.13. The van der Waals surface area contributed by atoms with E-state index in [0.29, 0.717) is 0 Å². The van der Waals surface area contributed by atoms with Gasteiger partial charge in [0.25, 0.3) is 0 Å². The Kier molecular flexibility index (Phi) is 1.78. The fourth-order valence-corrected chi connectivity index (χ4v) is 2.85. The minimum atomic E-state index is 1.19. The number of hydrogen-bond acceptors (Lipinski definition) is 1. The van der Waals surface area contributed by atoms with Gasteiger partial charge in [-0.05, 0) is 12.1 Å². The second-order valence-electron chi connectivity index (χ2n) is 4.63. The van der Waals surface area contributed by atoms with Crippen LogP contribution in [0.2, 0.25) is 0 Å². The smallest absolute Gasteiger partial charge is 0.0569 e. The molecule has 2 heteroatoms. The van der Waals surface area contributed by atoms with Gasteiger partial charge in [-0.3, -0.25) is 4.98 Å². The van der Waals surface area contributed by atoms with Crippen molar-refractivity contribution in [3.8, 4) is 0 Å². The van der Waals surface area contributed by atoms with Crippen molar-refractivity contribution in [2.75, 3.05) is 0 Å². The first-order chi connectivity index (χ1) is 8.86. The van der Waals surface area contributed by atoms with Crippen LogP contribution in [-0.2, 0) is 7.05 Å². The van der Waals surface area contributed by atoms with Gasteiger partial charge in [0.05, 0.1) is 5.52 Å². The molecule has 86 valence electrons. The molecule has 0 amide bonds. The Labute approximate surface area is 104 Å². The largest absolute Gasteiger partial charge is 0.343 e. The molecule has 0 aliphatic rings. The van der Waals surface area contributed by atoms with Crippen LogP contribution in [0.25, 0.3) is 32.6 Å². The van der Waals surface area contributed by atoms with Crippen molar-refractivity contribution in [3.05, 3.63) is 54.9 Å².